The number of carbonyl (C=O) groups excluding carboxylic acids is 3. The zero-order valence-electron chi connectivity index (χ0n) is 23.9. The fraction of sp³-hybridized carbons (Fsp3) is 0.382. The normalized spacial score (nSPS) is 27.4. The molecule has 0 radical (unpaired) electrons. The van der Waals surface area contributed by atoms with E-state index in [0.29, 0.717) is 5.41 Å². The van der Waals surface area contributed by atoms with E-state index in [1.807, 2.05) is 19.9 Å². The van der Waals surface area contributed by atoms with Gasteiger partial charge in [-0.15, -0.1) is 0 Å². The Hall–Kier alpha value is -3.65. The van der Waals surface area contributed by atoms with Crippen molar-refractivity contribution in [1.29, 1.82) is 0 Å². The Bertz CT molecular complexity index is 1600. The van der Waals surface area contributed by atoms with E-state index in [2.05, 4.69) is 34.1 Å². The summed E-state index contributed by atoms with van der Waals surface area (Å²) in [7, 11) is 0. The minimum absolute atomic E-state index is 0.265. The Morgan fingerprint density at radius 1 is 1.00 bits per heavy atom. The Labute approximate surface area is 249 Å². The molecule has 6 nitrogen and oxygen atoms in total. The number of anilines is 1. The second-order valence-electron chi connectivity index (χ2n) is 12.7. The molecule has 2 aromatic carbocycles. The molecule has 2 heterocycles. The number of hydrogen-bond donors (Lipinski definition) is 1. The zero-order chi connectivity index (χ0) is 29.2. The lowest BCUT2D eigenvalue weighted by molar-refractivity contribution is -0.127. The van der Waals surface area contributed by atoms with Gasteiger partial charge in [-0.3, -0.25) is 19.3 Å². The van der Waals surface area contributed by atoms with E-state index in [-0.39, 0.29) is 10.6 Å². The largest absolute Gasteiger partial charge is 0.324 e. The van der Waals surface area contributed by atoms with Crippen molar-refractivity contribution in [3.63, 3.8) is 0 Å². The van der Waals surface area contributed by atoms with Crippen LogP contribution >= 0.6 is 11.8 Å². The van der Waals surface area contributed by atoms with E-state index in [0.717, 1.165) is 57.1 Å². The van der Waals surface area contributed by atoms with Crippen molar-refractivity contribution in [2.75, 3.05) is 11.9 Å². The molecule has 5 fully saturated rings. The van der Waals surface area contributed by atoms with Gasteiger partial charge in [0.2, 0.25) is 5.91 Å². The molecule has 1 aliphatic heterocycles. The fourth-order valence-electron chi connectivity index (χ4n) is 8.45. The number of nitrogens with zero attached hydrogens (tertiary/aromatic N) is 2. The number of aromatic nitrogens is 1. The number of imide groups is 1. The van der Waals surface area contributed by atoms with Crippen LogP contribution < -0.4 is 5.32 Å². The SMILES string of the molecule is Cc1cc(/C=C2/SC(=O)N(CC(=O)Nc3cccc(F)c3)C2=O)c(C)n1-c1ccc(C23CC4CC(CC(C4)C2)C3)cc1. The maximum absolute atomic E-state index is 13.4. The van der Waals surface area contributed by atoms with Crippen LogP contribution in [0.3, 0.4) is 0 Å². The summed E-state index contributed by atoms with van der Waals surface area (Å²) in [5, 5.41) is 2.03. The standard InChI is InChI=1S/C34H34FN3O3S/c1-20-10-25(14-30-32(40)37(33(41)42-30)19-31(39)36-28-5-3-4-27(35)15-28)21(2)38(20)29-8-6-26(7-9-29)34-16-22-11-23(17-34)13-24(12-22)18-34/h3-10,14-15,22-24H,11-13,16-19H2,1-2H3,(H,36,39)/b30-14+. The molecule has 1 N–H and O–H groups in total. The quantitative estimate of drug-likeness (QED) is 0.308. The van der Waals surface area contributed by atoms with E-state index < -0.39 is 29.4 Å². The number of hydrogen-bond acceptors (Lipinski definition) is 4. The van der Waals surface area contributed by atoms with Gasteiger partial charge in [0, 0.05) is 22.8 Å². The highest BCUT2D eigenvalue weighted by molar-refractivity contribution is 8.18. The van der Waals surface area contributed by atoms with Crippen LogP contribution in [0.15, 0.2) is 59.5 Å². The average molecular weight is 584 g/mol. The first-order chi connectivity index (χ1) is 20.2. The summed E-state index contributed by atoms with van der Waals surface area (Å²) in [6.07, 6.45) is 10.1. The Morgan fingerprint density at radius 3 is 2.31 bits per heavy atom. The molecule has 3 aromatic rings. The first-order valence-electron chi connectivity index (χ1n) is 14.8. The molecule has 216 valence electrons. The molecule has 4 saturated carbocycles. The maximum Gasteiger partial charge on any atom is 0.294 e. The van der Waals surface area contributed by atoms with Crippen LogP contribution in [0, 0.1) is 37.4 Å². The topological polar surface area (TPSA) is 71.4 Å². The van der Waals surface area contributed by atoms with Gasteiger partial charge in [0.15, 0.2) is 0 Å². The van der Waals surface area contributed by atoms with Crippen molar-refractivity contribution in [2.45, 2.75) is 57.8 Å². The van der Waals surface area contributed by atoms with Crippen molar-refractivity contribution < 1.29 is 18.8 Å². The lowest BCUT2D eigenvalue weighted by atomic mass is 9.48. The highest BCUT2D eigenvalue weighted by Gasteiger charge is 2.51. The van der Waals surface area contributed by atoms with Gasteiger partial charge in [-0.2, -0.15) is 0 Å². The minimum Gasteiger partial charge on any atom is -0.324 e. The second kappa shape index (κ2) is 10.3. The molecule has 5 aliphatic rings. The van der Waals surface area contributed by atoms with Crippen LogP contribution in [0.5, 0.6) is 0 Å². The highest BCUT2D eigenvalue weighted by atomic mass is 32.2. The van der Waals surface area contributed by atoms with Gasteiger partial charge in [0.05, 0.1) is 4.91 Å². The number of benzene rings is 2. The summed E-state index contributed by atoms with van der Waals surface area (Å²) in [6, 6.07) is 16.6. The number of halogens is 1. The Balaban J connectivity index is 1.08. The average Bonchev–Trinajstić information content (AvgIpc) is 3.36. The molecule has 3 amide bonds. The molecule has 8 rings (SSSR count). The van der Waals surface area contributed by atoms with E-state index in [4.69, 9.17) is 0 Å². The Kier molecular flexibility index (Phi) is 6.65. The number of thioether (sulfide) groups is 1. The van der Waals surface area contributed by atoms with Crippen molar-refractivity contribution in [3.8, 4) is 5.69 Å². The monoisotopic (exact) mass is 583 g/mol. The van der Waals surface area contributed by atoms with Crippen molar-refractivity contribution in [3.05, 3.63) is 87.8 Å². The number of nitrogens with one attached hydrogen (secondary N) is 1. The summed E-state index contributed by atoms with van der Waals surface area (Å²) in [6.45, 7) is 3.62. The molecule has 1 saturated heterocycles. The van der Waals surface area contributed by atoms with Gasteiger partial charge in [0.1, 0.15) is 12.4 Å². The van der Waals surface area contributed by atoms with E-state index in [1.54, 1.807) is 12.1 Å². The number of rotatable bonds is 6. The van der Waals surface area contributed by atoms with E-state index >= 15 is 0 Å². The minimum atomic E-state index is -0.570. The molecular formula is C34H34FN3O3S. The smallest absolute Gasteiger partial charge is 0.294 e. The molecule has 1 aromatic heterocycles. The fourth-order valence-corrected chi connectivity index (χ4v) is 9.28. The van der Waals surface area contributed by atoms with Crippen LogP contribution in [-0.4, -0.2) is 33.1 Å². The summed E-state index contributed by atoms with van der Waals surface area (Å²) in [5.74, 6) is 1.15. The number of amides is 3. The van der Waals surface area contributed by atoms with Gasteiger partial charge in [-0.25, -0.2) is 4.39 Å². The lowest BCUT2D eigenvalue weighted by Gasteiger charge is -2.57. The van der Waals surface area contributed by atoms with Gasteiger partial charge >= 0.3 is 0 Å². The van der Waals surface area contributed by atoms with Gasteiger partial charge in [0.25, 0.3) is 11.1 Å². The third-order valence-electron chi connectivity index (χ3n) is 9.82. The summed E-state index contributed by atoms with van der Waals surface area (Å²) < 4.78 is 15.6. The van der Waals surface area contributed by atoms with E-state index in [9.17, 15) is 18.8 Å². The molecule has 42 heavy (non-hydrogen) atoms. The molecule has 0 unspecified atom stereocenters. The molecule has 0 spiro atoms. The van der Waals surface area contributed by atoms with Crippen molar-refractivity contribution in [2.24, 2.45) is 17.8 Å². The lowest BCUT2D eigenvalue weighted by Crippen LogP contribution is -2.48. The predicted octanol–water partition coefficient (Wildman–Crippen LogP) is 7.38. The predicted molar refractivity (Wildman–Crippen MR) is 163 cm³/mol. The maximum atomic E-state index is 13.4. The van der Waals surface area contributed by atoms with Crippen LogP contribution in [0.4, 0.5) is 14.9 Å². The van der Waals surface area contributed by atoms with Crippen molar-refractivity contribution in [1.82, 2.24) is 9.47 Å². The molecule has 4 aliphatic carbocycles. The summed E-state index contributed by atoms with van der Waals surface area (Å²) >= 11 is 0.825. The van der Waals surface area contributed by atoms with Crippen LogP contribution in [0.1, 0.15) is 61.0 Å². The van der Waals surface area contributed by atoms with Crippen molar-refractivity contribution >= 4 is 40.6 Å². The molecular weight excluding hydrogens is 549 g/mol. The van der Waals surface area contributed by atoms with E-state index in [1.165, 1.54) is 62.3 Å². The van der Waals surface area contributed by atoms with Crippen LogP contribution in [-0.2, 0) is 15.0 Å². The molecule has 0 atom stereocenters. The first kappa shape index (κ1) is 27.2. The molecule has 4 bridgehead atoms. The van der Waals surface area contributed by atoms with Gasteiger partial charge < -0.3 is 9.88 Å². The molecule has 8 heteroatoms. The number of aryl methyl sites for hydroxylation is 1. The zero-order valence-corrected chi connectivity index (χ0v) is 24.7. The Morgan fingerprint density at radius 2 is 1.67 bits per heavy atom. The third-order valence-corrected chi connectivity index (χ3v) is 10.7. The third kappa shape index (κ3) is 4.79. The van der Waals surface area contributed by atoms with Gasteiger partial charge in [-0.1, -0.05) is 18.2 Å². The van der Waals surface area contributed by atoms with Crippen LogP contribution in [0.2, 0.25) is 0 Å². The summed E-state index contributed by atoms with van der Waals surface area (Å²) in [5.41, 5.74) is 6.06. The summed E-state index contributed by atoms with van der Waals surface area (Å²) in [4.78, 5) is 39.4. The van der Waals surface area contributed by atoms with Crippen LogP contribution in [0.25, 0.3) is 11.8 Å². The van der Waals surface area contributed by atoms with Gasteiger partial charge in [-0.05, 0) is 141 Å². The first-order valence-corrected chi connectivity index (χ1v) is 15.6. The highest BCUT2D eigenvalue weighted by Crippen LogP contribution is 2.60. The number of carbonyl (C=O) groups is 3. The second-order valence-corrected chi connectivity index (χ2v) is 13.7.